The minimum Gasteiger partial charge on any atom is -0.484 e. The number of alkyl halides is 3. The number of nitrogens with zero attached hydrogens (tertiary/aromatic N) is 3. The third kappa shape index (κ3) is 6.93. The quantitative estimate of drug-likeness (QED) is 0.247. The molecule has 0 spiro atoms. The number of carbonyl (C=O) groups is 2. The van der Waals surface area contributed by atoms with Gasteiger partial charge in [0.2, 0.25) is 0 Å². The van der Waals surface area contributed by atoms with Gasteiger partial charge in [0.15, 0.2) is 6.61 Å². The van der Waals surface area contributed by atoms with Crippen LogP contribution in [-0.4, -0.2) is 46.2 Å². The number of hydrogen-bond donors (Lipinski definition) is 1. The SMILES string of the molecule is Cc1cc(/C=N\NC(=O)c2ccc(OCC(=O)N3[C@H](C)CCC[C@H]3C)cc2)c(C)n1-c1ccc(Cl)c(C(F)(F)F)c1. The third-order valence-corrected chi connectivity index (χ3v) is 7.64. The number of halogens is 4. The molecule has 2 amide bonds. The molecule has 0 bridgehead atoms. The van der Waals surface area contributed by atoms with Crippen molar-refractivity contribution in [1.82, 2.24) is 14.9 Å². The largest absolute Gasteiger partial charge is 0.484 e. The first-order valence-electron chi connectivity index (χ1n) is 13.3. The number of benzene rings is 2. The lowest BCUT2D eigenvalue weighted by Gasteiger charge is -2.38. The van der Waals surface area contributed by atoms with Crippen molar-refractivity contribution in [2.75, 3.05) is 6.61 Å². The molecular formula is C30H32ClF3N4O3. The molecule has 1 fully saturated rings. The number of hydrazone groups is 1. The predicted molar refractivity (Wildman–Crippen MR) is 152 cm³/mol. The fourth-order valence-electron chi connectivity index (χ4n) is 5.25. The second-order valence-electron chi connectivity index (χ2n) is 10.3. The molecule has 2 atom stereocenters. The van der Waals surface area contributed by atoms with Crippen LogP contribution in [0.1, 0.15) is 66.0 Å². The number of likely N-dealkylation sites (tertiary alicyclic amines) is 1. The van der Waals surface area contributed by atoms with Crippen LogP contribution in [0.4, 0.5) is 13.2 Å². The Labute approximate surface area is 241 Å². The topological polar surface area (TPSA) is 75.9 Å². The van der Waals surface area contributed by atoms with Gasteiger partial charge in [-0.25, -0.2) is 5.43 Å². The van der Waals surface area contributed by atoms with Crippen molar-refractivity contribution in [2.24, 2.45) is 5.10 Å². The first-order chi connectivity index (χ1) is 19.4. The van der Waals surface area contributed by atoms with Gasteiger partial charge < -0.3 is 14.2 Å². The molecule has 1 saturated heterocycles. The summed E-state index contributed by atoms with van der Waals surface area (Å²) in [4.78, 5) is 27.1. The van der Waals surface area contributed by atoms with Gasteiger partial charge in [-0.3, -0.25) is 9.59 Å². The highest BCUT2D eigenvalue weighted by molar-refractivity contribution is 6.31. The van der Waals surface area contributed by atoms with Crippen molar-refractivity contribution in [1.29, 1.82) is 0 Å². The molecule has 1 aliphatic heterocycles. The molecule has 218 valence electrons. The van der Waals surface area contributed by atoms with E-state index in [9.17, 15) is 22.8 Å². The van der Waals surface area contributed by atoms with Gasteiger partial charge in [0.05, 0.1) is 16.8 Å². The van der Waals surface area contributed by atoms with Crippen molar-refractivity contribution in [3.63, 3.8) is 0 Å². The maximum atomic E-state index is 13.3. The lowest BCUT2D eigenvalue weighted by molar-refractivity contribution is -0.139. The molecule has 0 unspecified atom stereocenters. The van der Waals surface area contributed by atoms with Crippen molar-refractivity contribution >= 4 is 29.6 Å². The summed E-state index contributed by atoms with van der Waals surface area (Å²) in [6.45, 7) is 7.53. The van der Waals surface area contributed by atoms with Gasteiger partial charge in [-0.05, 0) is 95.5 Å². The minimum absolute atomic E-state index is 0.0583. The summed E-state index contributed by atoms with van der Waals surface area (Å²) in [6, 6.07) is 12.2. The van der Waals surface area contributed by atoms with Crippen molar-refractivity contribution < 1.29 is 27.5 Å². The van der Waals surface area contributed by atoms with E-state index in [4.69, 9.17) is 16.3 Å². The highest BCUT2D eigenvalue weighted by Gasteiger charge is 2.34. The van der Waals surface area contributed by atoms with Crippen LogP contribution in [0.3, 0.4) is 0 Å². The van der Waals surface area contributed by atoms with E-state index < -0.39 is 17.6 Å². The second kappa shape index (κ2) is 12.4. The number of hydrogen-bond acceptors (Lipinski definition) is 4. The number of aromatic nitrogens is 1. The summed E-state index contributed by atoms with van der Waals surface area (Å²) in [5.74, 6) is -0.0442. The number of amides is 2. The summed E-state index contributed by atoms with van der Waals surface area (Å²) in [5.41, 5.74) is 4.13. The minimum atomic E-state index is -4.58. The zero-order chi connectivity index (χ0) is 29.9. The van der Waals surface area contributed by atoms with Crippen LogP contribution in [0, 0.1) is 13.8 Å². The highest BCUT2D eigenvalue weighted by atomic mass is 35.5. The van der Waals surface area contributed by atoms with Crippen LogP contribution < -0.4 is 10.2 Å². The average Bonchev–Trinajstić information content (AvgIpc) is 3.19. The fraction of sp³-hybridized carbons (Fsp3) is 0.367. The first kappa shape index (κ1) is 30.2. The zero-order valence-corrected chi connectivity index (χ0v) is 24.0. The van der Waals surface area contributed by atoms with E-state index in [1.165, 1.54) is 18.3 Å². The van der Waals surface area contributed by atoms with E-state index in [0.717, 1.165) is 25.3 Å². The van der Waals surface area contributed by atoms with E-state index in [1.807, 2.05) is 18.7 Å². The van der Waals surface area contributed by atoms with Gasteiger partial charge >= 0.3 is 6.18 Å². The van der Waals surface area contributed by atoms with Gasteiger partial charge in [-0.2, -0.15) is 18.3 Å². The number of ether oxygens (including phenoxy) is 1. The maximum absolute atomic E-state index is 13.3. The van der Waals surface area contributed by atoms with Crippen LogP contribution in [0.25, 0.3) is 5.69 Å². The van der Waals surface area contributed by atoms with Crippen molar-refractivity contribution in [2.45, 2.75) is 65.2 Å². The van der Waals surface area contributed by atoms with Crippen molar-refractivity contribution in [3.05, 3.63) is 81.6 Å². The number of nitrogens with one attached hydrogen (secondary N) is 1. The summed E-state index contributed by atoms with van der Waals surface area (Å²) in [5, 5.41) is 3.65. The molecular weight excluding hydrogens is 557 g/mol. The summed E-state index contributed by atoms with van der Waals surface area (Å²) in [7, 11) is 0. The molecule has 11 heteroatoms. The average molecular weight is 589 g/mol. The second-order valence-corrected chi connectivity index (χ2v) is 10.7. The Kier molecular flexibility index (Phi) is 9.11. The normalized spacial score (nSPS) is 17.6. The molecule has 0 saturated carbocycles. The zero-order valence-electron chi connectivity index (χ0n) is 23.3. The lowest BCUT2D eigenvalue weighted by Crippen LogP contribution is -2.49. The van der Waals surface area contributed by atoms with Gasteiger partial charge in [0, 0.05) is 40.3 Å². The number of rotatable bonds is 7. The van der Waals surface area contributed by atoms with Crippen LogP contribution in [0.2, 0.25) is 5.02 Å². The molecule has 7 nitrogen and oxygen atoms in total. The molecule has 2 heterocycles. The molecule has 0 aliphatic carbocycles. The van der Waals surface area contributed by atoms with Crippen LogP contribution >= 0.6 is 11.6 Å². The van der Waals surface area contributed by atoms with Crippen LogP contribution in [-0.2, 0) is 11.0 Å². The standard InChI is InChI=1S/C30H32ClF3N4O3/c1-18-6-5-7-19(2)37(18)28(39)17-41-25-11-8-22(9-12-25)29(40)36-35-16-23-14-20(3)38(21(23)4)24-10-13-27(31)26(15-24)30(32,33)34/h8-16,18-19H,5-7,17H2,1-4H3,(H,36,40)/b35-16-/t18-,19-/m1/s1. The number of aryl methyl sites for hydroxylation is 1. The Hall–Kier alpha value is -3.79. The highest BCUT2D eigenvalue weighted by Crippen LogP contribution is 2.36. The molecule has 3 aromatic rings. The summed E-state index contributed by atoms with van der Waals surface area (Å²) < 4.78 is 47.4. The Balaban J connectivity index is 1.37. The molecule has 1 aliphatic rings. The van der Waals surface area contributed by atoms with E-state index in [2.05, 4.69) is 10.5 Å². The van der Waals surface area contributed by atoms with Gasteiger partial charge in [-0.15, -0.1) is 0 Å². The Morgan fingerprint density at radius 1 is 1.07 bits per heavy atom. The maximum Gasteiger partial charge on any atom is 0.417 e. The molecule has 1 aromatic heterocycles. The molecule has 4 rings (SSSR count). The number of piperidine rings is 1. The van der Waals surface area contributed by atoms with E-state index in [1.54, 1.807) is 48.7 Å². The Bertz CT molecular complexity index is 1440. The predicted octanol–water partition coefficient (Wildman–Crippen LogP) is 6.70. The monoisotopic (exact) mass is 588 g/mol. The summed E-state index contributed by atoms with van der Waals surface area (Å²) >= 11 is 5.76. The van der Waals surface area contributed by atoms with E-state index in [-0.39, 0.29) is 29.6 Å². The van der Waals surface area contributed by atoms with Crippen LogP contribution in [0.5, 0.6) is 5.75 Å². The smallest absolute Gasteiger partial charge is 0.417 e. The lowest BCUT2D eigenvalue weighted by atomic mass is 9.97. The number of carbonyl (C=O) groups excluding carboxylic acids is 2. The molecule has 41 heavy (non-hydrogen) atoms. The van der Waals surface area contributed by atoms with E-state index >= 15 is 0 Å². The molecule has 0 radical (unpaired) electrons. The molecule has 2 aromatic carbocycles. The van der Waals surface area contributed by atoms with Gasteiger partial charge in [-0.1, -0.05) is 11.6 Å². The first-order valence-corrected chi connectivity index (χ1v) is 13.7. The third-order valence-electron chi connectivity index (χ3n) is 7.31. The Morgan fingerprint density at radius 2 is 1.73 bits per heavy atom. The summed E-state index contributed by atoms with van der Waals surface area (Å²) in [6.07, 6.45) is -0.0645. The van der Waals surface area contributed by atoms with Gasteiger partial charge in [0.1, 0.15) is 5.75 Å². The molecule has 1 N–H and O–H groups in total. The fourth-order valence-corrected chi connectivity index (χ4v) is 5.47. The van der Waals surface area contributed by atoms with E-state index in [0.29, 0.717) is 34.0 Å². The van der Waals surface area contributed by atoms with Crippen LogP contribution in [0.15, 0.2) is 53.6 Å². The van der Waals surface area contributed by atoms with Gasteiger partial charge in [0.25, 0.3) is 11.8 Å². The Morgan fingerprint density at radius 3 is 2.37 bits per heavy atom. The van der Waals surface area contributed by atoms with Crippen molar-refractivity contribution in [3.8, 4) is 11.4 Å².